The third-order valence-electron chi connectivity index (χ3n) is 5.52. The summed E-state index contributed by atoms with van der Waals surface area (Å²) in [5.74, 6) is -14.7. The van der Waals surface area contributed by atoms with Crippen molar-refractivity contribution in [2.45, 2.75) is 35.9 Å². The Labute approximate surface area is 210 Å². The summed E-state index contributed by atoms with van der Waals surface area (Å²) in [6, 6.07) is 5.73. The molecular formula is C22H17Cl3F6N2O2. The van der Waals surface area contributed by atoms with E-state index in [0.29, 0.717) is 5.56 Å². The van der Waals surface area contributed by atoms with Crippen molar-refractivity contribution in [1.29, 1.82) is 0 Å². The van der Waals surface area contributed by atoms with E-state index in [1.165, 1.54) is 19.1 Å². The van der Waals surface area contributed by atoms with E-state index in [9.17, 15) is 35.9 Å². The topological polar surface area (TPSA) is 58.2 Å². The largest absolute Gasteiger partial charge is 0.346 e. The lowest BCUT2D eigenvalue weighted by molar-refractivity contribution is -0.193. The smallest absolute Gasteiger partial charge is 0.326 e. The van der Waals surface area contributed by atoms with E-state index in [2.05, 4.69) is 5.32 Å². The lowest BCUT2D eigenvalue weighted by atomic mass is 10.1. The average Bonchev–Trinajstić information content (AvgIpc) is 3.32. The van der Waals surface area contributed by atoms with Crippen LogP contribution in [0.1, 0.15) is 34.3 Å². The van der Waals surface area contributed by atoms with Gasteiger partial charge >= 0.3 is 11.8 Å². The fourth-order valence-corrected chi connectivity index (χ4v) is 4.46. The number of alkyl halides is 6. The molecule has 1 fully saturated rings. The van der Waals surface area contributed by atoms with Crippen LogP contribution in [0.3, 0.4) is 0 Å². The Morgan fingerprint density at radius 2 is 1.71 bits per heavy atom. The third-order valence-corrected chi connectivity index (χ3v) is 6.75. The zero-order valence-electron chi connectivity index (χ0n) is 18.0. The van der Waals surface area contributed by atoms with Gasteiger partial charge in [0, 0.05) is 18.5 Å². The van der Waals surface area contributed by atoms with Crippen LogP contribution in [0.4, 0.5) is 32.0 Å². The van der Waals surface area contributed by atoms with Gasteiger partial charge in [0.2, 0.25) is 5.91 Å². The predicted molar refractivity (Wildman–Crippen MR) is 120 cm³/mol. The molecule has 2 N–H and O–H groups in total. The lowest BCUT2D eigenvalue weighted by Crippen LogP contribution is -2.47. The molecule has 13 heteroatoms. The highest BCUT2D eigenvalue weighted by Gasteiger charge is 2.67. The van der Waals surface area contributed by atoms with Crippen molar-refractivity contribution in [1.82, 2.24) is 5.32 Å². The zero-order valence-corrected chi connectivity index (χ0v) is 20.2. The van der Waals surface area contributed by atoms with Crippen LogP contribution in [0, 0.1) is 24.5 Å². The molecule has 2 aromatic rings. The monoisotopic (exact) mass is 560 g/mol. The maximum atomic E-state index is 14.5. The van der Waals surface area contributed by atoms with Crippen molar-refractivity contribution in [3.8, 4) is 0 Å². The number of carbonyl (C=O) groups excluding carboxylic acids is 2. The summed E-state index contributed by atoms with van der Waals surface area (Å²) in [7, 11) is 0. The van der Waals surface area contributed by atoms with E-state index in [-0.39, 0.29) is 23.2 Å². The molecule has 1 aliphatic carbocycles. The van der Waals surface area contributed by atoms with Gasteiger partial charge in [-0.05, 0) is 42.3 Å². The maximum Gasteiger partial charge on any atom is 0.326 e. The highest BCUT2D eigenvalue weighted by Crippen LogP contribution is 2.65. The Balaban J connectivity index is 1.78. The van der Waals surface area contributed by atoms with Gasteiger partial charge in [-0.25, -0.2) is 17.6 Å². The van der Waals surface area contributed by atoms with Crippen molar-refractivity contribution >= 4 is 52.3 Å². The van der Waals surface area contributed by atoms with Crippen LogP contribution < -0.4 is 10.6 Å². The molecule has 0 heterocycles. The average molecular weight is 562 g/mol. The Morgan fingerprint density at radius 3 is 2.29 bits per heavy atom. The zero-order chi connectivity index (χ0) is 26.5. The number of halogens is 9. The van der Waals surface area contributed by atoms with Gasteiger partial charge < -0.3 is 10.6 Å². The minimum Gasteiger partial charge on any atom is -0.346 e. The second kappa shape index (κ2) is 9.37. The molecule has 1 aliphatic rings. The van der Waals surface area contributed by atoms with Gasteiger partial charge in [0.05, 0.1) is 23.0 Å². The van der Waals surface area contributed by atoms with Crippen LogP contribution >= 0.6 is 34.8 Å². The first-order valence-electron chi connectivity index (χ1n) is 9.95. The number of benzene rings is 2. The molecule has 2 atom stereocenters. The molecule has 3 rings (SSSR count). The summed E-state index contributed by atoms with van der Waals surface area (Å²) in [6.07, 6.45) is 0. The SMILES string of the molecule is Cc1cc(NC(=O)C2C(c3ccc(F)c(Cl)c3)C2(Cl)Cl)cc(C(=O)NCC(F)(F)C(C)(F)F)c1F. The Kier molecular flexibility index (Phi) is 7.34. The van der Waals surface area contributed by atoms with E-state index < -0.39 is 63.6 Å². The summed E-state index contributed by atoms with van der Waals surface area (Å²) in [6.45, 7) is -0.515. The number of hydrogen-bond donors (Lipinski definition) is 2. The summed E-state index contributed by atoms with van der Waals surface area (Å²) in [5, 5.41) is 3.79. The molecule has 2 amide bonds. The first kappa shape index (κ1) is 27.4. The predicted octanol–water partition coefficient (Wildman–Crippen LogP) is 6.47. The molecule has 190 valence electrons. The van der Waals surface area contributed by atoms with Crippen molar-refractivity contribution in [3.63, 3.8) is 0 Å². The molecule has 35 heavy (non-hydrogen) atoms. The van der Waals surface area contributed by atoms with Crippen molar-refractivity contribution in [3.05, 3.63) is 63.7 Å². The molecule has 0 spiro atoms. The van der Waals surface area contributed by atoms with Crippen LogP contribution in [0.15, 0.2) is 30.3 Å². The molecule has 2 unspecified atom stereocenters. The van der Waals surface area contributed by atoms with Gasteiger partial charge in [0.15, 0.2) is 0 Å². The van der Waals surface area contributed by atoms with Gasteiger partial charge in [0.1, 0.15) is 16.0 Å². The maximum absolute atomic E-state index is 14.5. The second-order valence-corrected chi connectivity index (χ2v) is 10.1. The van der Waals surface area contributed by atoms with E-state index in [4.69, 9.17) is 34.8 Å². The van der Waals surface area contributed by atoms with Crippen LogP contribution in [-0.4, -0.2) is 34.5 Å². The quantitative estimate of drug-likeness (QED) is 0.301. The summed E-state index contributed by atoms with van der Waals surface area (Å²) in [5.41, 5.74) is -0.596. The fraction of sp³-hybridized carbons (Fsp3) is 0.364. The number of anilines is 1. The van der Waals surface area contributed by atoms with Crippen molar-refractivity contribution < 1.29 is 35.9 Å². The van der Waals surface area contributed by atoms with Gasteiger partial charge in [-0.2, -0.15) is 8.78 Å². The lowest BCUT2D eigenvalue weighted by Gasteiger charge is -2.23. The van der Waals surface area contributed by atoms with Gasteiger partial charge in [0.25, 0.3) is 5.91 Å². The summed E-state index contributed by atoms with van der Waals surface area (Å²) >= 11 is 18.2. The minimum absolute atomic E-state index is 0.0150. The second-order valence-electron chi connectivity index (χ2n) is 8.22. The molecule has 0 aliphatic heterocycles. The molecule has 0 saturated heterocycles. The van der Waals surface area contributed by atoms with Crippen LogP contribution in [0.2, 0.25) is 5.02 Å². The standard InChI is InChI=1S/C22H17Cl3F6N2O2/c1-9-5-11(7-12(17(9)27)18(34)32-8-21(30,31)20(2,28)29)33-19(35)16-15(22(16,24)25)10-3-4-14(26)13(23)6-10/h3-7,15-16H,8H2,1-2H3,(H,32,34)(H,33,35). The molecule has 1 saturated carbocycles. The van der Waals surface area contributed by atoms with Crippen LogP contribution in [0.25, 0.3) is 0 Å². The molecule has 0 aromatic heterocycles. The first-order chi connectivity index (χ1) is 16.0. The Hall–Kier alpha value is -2.17. The van der Waals surface area contributed by atoms with Crippen LogP contribution in [-0.2, 0) is 4.79 Å². The van der Waals surface area contributed by atoms with E-state index in [0.717, 1.165) is 18.2 Å². The molecular weight excluding hydrogens is 545 g/mol. The number of amides is 2. The number of aryl methyl sites for hydroxylation is 1. The summed E-state index contributed by atoms with van der Waals surface area (Å²) in [4.78, 5) is 25.1. The molecule has 4 nitrogen and oxygen atoms in total. The van der Waals surface area contributed by atoms with Gasteiger partial charge in [-0.15, -0.1) is 23.2 Å². The number of carbonyl (C=O) groups is 2. The normalized spacial score (nSPS) is 19.3. The van der Waals surface area contributed by atoms with E-state index >= 15 is 0 Å². The molecule has 0 bridgehead atoms. The number of nitrogens with one attached hydrogen (secondary N) is 2. The Bertz CT molecular complexity index is 1190. The number of hydrogen-bond acceptors (Lipinski definition) is 2. The molecule has 0 radical (unpaired) electrons. The van der Waals surface area contributed by atoms with Gasteiger partial charge in [-0.3, -0.25) is 9.59 Å². The number of rotatable bonds is 7. The highest BCUT2D eigenvalue weighted by molar-refractivity contribution is 6.53. The highest BCUT2D eigenvalue weighted by atomic mass is 35.5. The van der Waals surface area contributed by atoms with Crippen molar-refractivity contribution in [2.75, 3.05) is 11.9 Å². The summed E-state index contributed by atoms with van der Waals surface area (Å²) < 4.78 is 79.2. The molecule has 2 aromatic carbocycles. The first-order valence-corrected chi connectivity index (χ1v) is 11.1. The van der Waals surface area contributed by atoms with Crippen LogP contribution in [0.5, 0.6) is 0 Å². The minimum atomic E-state index is -4.58. The Morgan fingerprint density at radius 1 is 1.09 bits per heavy atom. The van der Waals surface area contributed by atoms with Crippen molar-refractivity contribution in [2.24, 2.45) is 5.92 Å². The van der Waals surface area contributed by atoms with E-state index in [1.54, 1.807) is 5.32 Å². The van der Waals surface area contributed by atoms with E-state index in [1.807, 2.05) is 0 Å². The van der Waals surface area contributed by atoms with Gasteiger partial charge in [-0.1, -0.05) is 17.7 Å². The fourth-order valence-electron chi connectivity index (χ4n) is 3.44. The third kappa shape index (κ3) is 5.49.